The van der Waals surface area contributed by atoms with E-state index in [-0.39, 0.29) is 0 Å². The molecular formula is C15H20N2O2. The van der Waals surface area contributed by atoms with Crippen LogP contribution in [0.2, 0.25) is 0 Å². The van der Waals surface area contributed by atoms with Gasteiger partial charge in [-0.05, 0) is 58.4 Å². The molecule has 102 valence electrons. The summed E-state index contributed by atoms with van der Waals surface area (Å²) in [7, 11) is 0. The van der Waals surface area contributed by atoms with Crippen molar-refractivity contribution in [2.45, 2.75) is 40.2 Å². The molecule has 0 heterocycles. The molecule has 0 saturated heterocycles. The molecule has 0 amide bonds. The zero-order valence-corrected chi connectivity index (χ0v) is 12.0. The Balaban J connectivity index is 3.06. The first kappa shape index (κ1) is 15.0. The molecule has 0 aromatic heterocycles. The summed E-state index contributed by atoms with van der Waals surface area (Å²) in [4.78, 5) is 11.3. The number of anilines is 1. The molecule has 1 rings (SSSR count). The van der Waals surface area contributed by atoms with Crippen LogP contribution < -0.4 is 5.32 Å². The van der Waals surface area contributed by atoms with E-state index in [4.69, 9.17) is 5.26 Å². The molecule has 2 N–H and O–H groups in total. The minimum absolute atomic E-state index is 0.626. The molecule has 0 unspecified atom stereocenters. The predicted octanol–water partition coefficient (Wildman–Crippen LogP) is 3.17. The van der Waals surface area contributed by atoms with Gasteiger partial charge in [-0.25, -0.2) is 0 Å². The van der Waals surface area contributed by atoms with Gasteiger partial charge in [-0.3, -0.25) is 4.79 Å². The smallest absolute Gasteiger partial charge is 0.311 e. The number of aryl methyl sites for hydroxylation is 1. The molecule has 4 heteroatoms. The van der Waals surface area contributed by atoms with E-state index < -0.39 is 16.9 Å². The van der Waals surface area contributed by atoms with Gasteiger partial charge in [0.2, 0.25) is 0 Å². The van der Waals surface area contributed by atoms with Crippen molar-refractivity contribution in [1.82, 2.24) is 0 Å². The van der Waals surface area contributed by atoms with Crippen molar-refractivity contribution in [1.29, 1.82) is 5.26 Å². The summed E-state index contributed by atoms with van der Waals surface area (Å²) in [5.74, 6) is -0.852. The first-order valence-electron chi connectivity index (χ1n) is 6.14. The van der Waals surface area contributed by atoms with Crippen molar-refractivity contribution in [2.75, 3.05) is 5.32 Å². The lowest BCUT2D eigenvalue weighted by Gasteiger charge is -2.39. The maximum Gasteiger partial charge on any atom is 0.311 e. The van der Waals surface area contributed by atoms with Crippen molar-refractivity contribution in [3.8, 4) is 6.07 Å². The molecule has 0 aliphatic carbocycles. The van der Waals surface area contributed by atoms with E-state index in [0.717, 1.165) is 11.3 Å². The Kier molecular flexibility index (Phi) is 3.90. The fourth-order valence-corrected chi connectivity index (χ4v) is 1.65. The van der Waals surface area contributed by atoms with Crippen molar-refractivity contribution in [3.63, 3.8) is 0 Å². The average Bonchev–Trinajstić information content (AvgIpc) is 2.28. The fourth-order valence-electron chi connectivity index (χ4n) is 1.65. The largest absolute Gasteiger partial charge is 0.481 e. The van der Waals surface area contributed by atoms with Crippen LogP contribution in [0.5, 0.6) is 0 Å². The second-order valence-electron chi connectivity index (χ2n) is 5.82. The van der Waals surface area contributed by atoms with E-state index in [2.05, 4.69) is 11.4 Å². The quantitative estimate of drug-likeness (QED) is 0.872. The minimum Gasteiger partial charge on any atom is -0.481 e. The second kappa shape index (κ2) is 4.93. The van der Waals surface area contributed by atoms with Crippen LogP contribution in [0.15, 0.2) is 18.2 Å². The number of hydrogen-bond donors (Lipinski definition) is 2. The Morgan fingerprint density at radius 1 is 1.32 bits per heavy atom. The summed E-state index contributed by atoms with van der Waals surface area (Å²) in [5.41, 5.74) is 0.766. The molecule has 19 heavy (non-hydrogen) atoms. The molecule has 0 aliphatic heterocycles. The van der Waals surface area contributed by atoms with Gasteiger partial charge in [-0.15, -0.1) is 0 Å². The number of carboxylic acids is 1. The number of benzene rings is 1. The van der Waals surface area contributed by atoms with Crippen LogP contribution in [0.4, 0.5) is 5.69 Å². The SMILES string of the molecule is Cc1cc(NC(C)(C)C(C)(C)C(=O)O)ccc1C#N. The summed E-state index contributed by atoms with van der Waals surface area (Å²) in [6.45, 7) is 8.96. The Morgan fingerprint density at radius 2 is 1.89 bits per heavy atom. The van der Waals surface area contributed by atoms with Gasteiger partial charge in [0.25, 0.3) is 0 Å². The van der Waals surface area contributed by atoms with E-state index in [1.165, 1.54) is 0 Å². The summed E-state index contributed by atoms with van der Waals surface area (Å²) in [5, 5.41) is 21.4. The molecule has 0 fully saturated rings. The van der Waals surface area contributed by atoms with Crippen molar-refractivity contribution < 1.29 is 9.90 Å². The van der Waals surface area contributed by atoms with Crippen LogP contribution in [-0.2, 0) is 4.79 Å². The highest BCUT2D eigenvalue weighted by Crippen LogP contribution is 2.34. The molecule has 1 aromatic rings. The number of hydrogen-bond acceptors (Lipinski definition) is 3. The van der Waals surface area contributed by atoms with Crippen LogP contribution in [0, 0.1) is 23.7 Å². The summed E-state index contributed by atoms with van der Waals surface area (Å²) in [6.07, 6.45) is 0. The summed E-state index contributed by atoms with van der Waals surface area (Å²) in [6, 6.07) is 7.51. The normalized spacial score (nSPS) is 11.8. The molecule has 0 radical (unpaired) electrons. The van der Waals surface area contributed by atoms with Gasteiger partial charge in [0.15, 0.2) is 0 Å². The van der Waals surface area contributed by atoms with Gasteiger partial charge in [-0.2, -0.15) is 5.26 Å². The van der Waals surface area contributed by atoms with Crippen LogP contribution in [0.3, 0.4) is 0 Å². The lowest BCUT2D eigenvalue weighted by atomic mass is 9.74. The van der Waals surface area contributed by atoms with Gasteiger partial charge in [0.1, 0.15) is 0 Å². The van der Waals surface area contributed by atoms with Crippen LogP contribution >= 0.6 is 0 Å². The van der Waals surface area contributed by atoms with E-state index in [9.17, 15) is 9.90 Å². The summed E-state index contributed by atoms with van der Waals surface area (Å²) >= 11 is 0. The third-order valence-electron chi connectivity index (χ3n) is 3.90. The Morgan fingerprint density at radius 3 is 2.32 bits per heavy atom. The Bertz CT molecular complexity index is 540. The molecule has 0 saturated carbocycles. The van der Waals surface area contributed by atoms with Gasteiger partial charge >= 0.3 is 5.97 Å². The lowest BCUT2D eigenvalue weighted by molar-refractivity contribution is -0.149. The lowest BCUT2D eigenvalue weighted by Crippen LogP contribution is -2.50. The van der Waals surface area contributed by atoms with Gasteiger partial charge in [0.05, 0.1) is 17.0 Å². The number of nitriles is 1. The molecule has 0 spiro atoms. The first-order valence-corrected chi connectivity index (χ1v) is 6.14. The predicted molar refractivity (Wildman–Crippen MR) is 75.0 cm³/mol. The number of aliphatic carboxylic acids is 1. The fraction of sp³-hybridized carbons (Fsp3) is 0.467. The van der Waals surface area contributed by atoms with Gasteiger partial charge < -0.3 is 10.4 Å². The maximum atomic E-state index is 11.3. The monoisotopic (exact) mass is 260 g/mol. The second-order valence-corrected chi connectivity index (χ2v) is 5.82. The molecule has 0 atom stereocenters. The van der Waals surface area contributed by atoms with E-state index >= 15 is 0 Å². The standard InChI is InChI=1S/C15H20N2O2/c1-10-8-12(7-6-11(10)9-16)17-15(4,5)14(2,3)13(18)19/h6-8,17H,1-5H3,(H,18,19). The van der Waals surface area contributed by atoms with E-state index in [1.807, 2.05) is 26.8 Å². The molecule has 0 aliphatic rings. The van der Waals surface area contributed by atoms with E-state index in [1.54, 1.807) is 26.0 Å². The zero-order valence-electron chi connectivity index (χ0n) is 12.0. The Hall–Kier alpha value is -2.02. The third-order valence-corrected chi connectivity index (χ3v) is 3.90. The van der Waals surface area contributed by atoms with Crippen LogP contribution in [0.25, 0.3) is 0 Å². The van der Waals surface area contributed by atoms with Crippen LogP contribution in [0.1, 0.15) is 38.8 Å². The Labute approximate surface area is 114 Å². The minimum atomic E-state index is -0.922. The molecule has 4 nitrogen and oxygen atoms in total. The number of rotatable bonds is 4. The number of nitrogens with one attached hydrogen (secondary N) is 1. The summed E-state index contributed by atoms with van der Waals surface area (Å²) < 4.78 is 0. The van der Waals surface area contributed by atoms with Crippen molar-refractivity contribution in [3.05, 3.63) is 29.3 Å². The highest BCUT2D eigenvalue weighted by molar-refractivity contribution is 5.76. The highest BCUT2D eigenvalue weighted by Gasteiger charge is 2.43. The van der Waals surface area contributed by atoms with Crippen molar-refractivity contribution >= 4 is 11.7 Å². The highest BCUT2D eigenvalue weighted by atomic mass is 16.4. The van der Waals surface area contributed by atoms with Crippen molar-refractivity contribution in [2.24, 2.45) is 5.41 Å². The van der Waals surface area contributed by atoms with Crippen LogP contribution in [-0.4, -0.2) is 16.6 Å². The third kappa shape index (κ3) is 2.87. The van der Waals surface area contributed by atoms with Gasteiger partial charge in [-0.1, -0.05) is 0 Å². The average molecular weight is 260 g/mol. The first-order chi connectivity index (χ1) is 8.61. The maximum absolute atomic E-state index is 11.3. The zero-order chi connectivity index (χ0) is 14.8. The number of carboxylic acid groups (broad SMARTS) is 1. The topological polar surface area (TPSA) is 73.1 Å². The van der Waals surface area contributed by atoms with Gasteiger partial charge in [0, 0.05) is 11.2 Å². The number of nitrogens with zero attached hydrogens (tertiary/aromatic N) is 1. The molecule has 1 aromatic carbocycles. The molecular weight excluding hydrogens is 240 g/mol. The van der Waals surface area contributed by atoms with E-state index in [0.29, 0.717) is 5.56 Å². The molecule has 0 bridgehead atoms. The number of carbonyl (C=O) groups is 1.